The molecular weight excluding hydrogens is 236 g/mol. The SMILES string of the molecule is COCC1CCN(c2cccc3c2CNCC3)CC1. The topological polar surface area (TPSA) is 24.5 Å². The first-order valence-corrected chi connectivity index (χ1v) is 7.44. The molecule has 0 radical (unpaired) electrons. The molecule has 0 aromatic heterocycles. The van der Waals surface area contributed by atoms with Crippen LogP contribution in [-0.4, -0.2) is 33.4 Å². The Kier molecular flexibility index (Phi) is 4.04. The van der Waals surface area contributed by atoms with Crippen LogP contribution in [0.1, 0.15) is 24.0 Å². The Balaban J connectivity index is 1.73. The Hall–Kier alpha value is -1.06. The average Bonchev–Trinajstić information content (AvgIpc) is 2.48. The highest BCUT2D eigenvalue weighted by atomic mass is 16.5. The number of anilines is 1. The van der Waals surface area contributed by atoms with E-state index >= 15 is 0 Å². The second kappa shape index (κ2) is 5.93. The molecule has 3 nitrogen and oxygen atoms in total. The number of benzene rings is 1. The summed E-state index contributed by atoms with van der Waals surface area (Å²) in [5.74, 6) is 0.749. The fourth-order valence-electron chi connectivity index (χ4n) is 3.37. The fraction of sp³-hybridized carbons (Fsp3) is 0.625. The molecule has 1 aromatic rings. The zero-order chi connectivity index (χ0) is 13.1. The maximum atomic E-state index is 5.28. The minimum Gasteiger partial charge on any atom is -0.384 e. The Morgan fingerprint density at radius 2 is 2.16 bits per heavy atom. The van der Waals surface area contributed by atoms with E-state index in [1.807, 2.05) is 7.11 Å². The number of nitrogens with one attached hydrogen (secondary N) is 1. The first-order chi connectivity index (χ1) is 9.38. The van der Waals surface area contributed by atoms with Gasteiger partial charge in [0.15, 0.2) is 0 Å². The van der Waals surface area contributed by atoms with Crippen LogP contribution in [0.3, 0.4) is 0 Å². The lowest BCUT2D eigenvalue weighted by atomic mass is 9.94. The van der Waals surface area contributed by atoms with Crippen molar-refractivity contribution in [1.29, 1.82) is 0 Å². The molecule has 0 atom stereocenters. The Morgan fingerprint density at radius 1 is 1.32 bits per heavy atom. The van der Waals surface area contributed by atoms with Crippen molar-refractivity contribution in [2.24, 2.45) is 5.92 Å². The molecule has 0 saturated carbocycles. The second-order valence-electron chi connectivity index (χ2n) is 5.73. The molecule has 1 saturated heterocycles. The van der Waals surface area contributed by atoms with E-state index in [-0.39, 0.29) is 0 Å². The lowest BCUT2D eigenvalue weighted by molar-refractivity contribution is 0.139. The van der Waals surface area contributed by atoms with Gasteiger partial charge in [-0.1, -0.05) is 12.1 Å². The van der Waals surface area contributed by atoms with Crippen LogP contribution >= 0.6 is 0 Å². The number of piperidine rings is 1. The monoisotopic (exact) mass is 260 g/mol. The molecule has 104 valence electrons. The maximum absolute atomic E-state index is 5.28. The molecule has 1 fully saturated rings. The van der Waals surface area contributed by atoms with Gasteiger partial charge < -0.3 is 15.0 Å². The van der Waals surface area contributed by atoms with Crippen LogP contribution in [0.5, 0.6) is 0 Å². The molecule has 2 heterocycles. The summed E-state index contributed by atoms with van der Waals surface area (Å²) in [4.78, 5) is 2.57. The van der Waals surface area contributed by atoms with Crippen molar-refractivity contribution in [2.75, 3.05) is 38.3 Å². The van der Waals surface area contributed by atoms with Crippen LogP contribution in [-0.2, 0) is 17.7 Å². The molecular formula is C16H24N2O. The van der Waals surface area contributed by atoms with E-state index in [4.69, 9.17) is 4.74 Å². The van der Waals surface area contributed by atoms with Gasteiger partial charge in [-0.2, -0.15) is 0 Å². The molecule has 1 aromatic carbocycles. The summed E-state index contributed by atoms with van der Waals surface area (Å²) in [6, 6.07) is 6.81. The largest absolute Gasteiger partial charge is 0.384 e. The van der Waals surface area contributed by atoms with Crippen molar-refractivity contribution >= 4 is 5.69 Å². The number of rotatable bonds is 3. The number of fused-ring (bicyclic) bond motifs is 1. The number of hydrogen-bond donors (Lipinski definition) is 1. The van der Waals surface area contributed by atoms with E-state index in [0.717, 1.165) is 25.6 Å². The van der Waals surface area contributed by atoms with Crippen LogP contribution in [0.15, 0.2) is 18.2 Å². The summed E-state index contributed by atoms with van der Waals surface area (Å²) >= 11 is 0. The van der Waals surface area contributed by atoms with Gasteiger partial charge >= 0.3 is 0 Å². The van der Waals surface area contributed by atoms with Gasteiger partial charge in [0.25, 0.3) is 0 Å². The molecule has 0 unspecified atom stereocenters. The normalized spacial score (nSPS) is 20.4. The Morgan fingerprint density at radius 3 is 2.95 bits per heavy atom. The highest BCUT2D eigenvalue weighted by molar-refractivity contribution is 5.57. The van der Waals surface area contributed by atoms with Crippen molar-refractivity contribution in [1.82, 2.24) is 5.32 Å². The maximum Gasteiger partial charge on any atom is 0.0491 e. The Bertz CT molecular complexity index is 425. The predicted octanol–water partition coefficient (Wildman–Crippen LogP) is 2.20. The molecule has 1 N–H and O–H groups in total. The smallest absolute Gasteiger partial charge is 0.0491 e. The minimum atomic E-state index is 0.749. The summed E-state index contributed by atoms with van der Waals surface area (Å²) in [6.45, 7) is 5.41. The van der Waals surface area contributed by atoms with Crippen LogP contribution in [0.25, 0.3) is 0 Å². The third-order valence-electron chi connectivity index (χ3n) is 4.48. The van der Waals surface area contributed by atoms with Gasteiger partial charge in [-0.05, 0) is 48.9 Å². The van der Waals surface area contributed by atoms with Gasteiger partial charge in [0.2, 0.25) is 0 Å². The quantitative estimate of drug-likeness (QED) is 0.901. The molecule has 3 rings (SSSR count). The third kappa shape index (κ3) is 2.77. The zero-order valence-electron chi connectivity index (χ0n) is 11.8. The molecule has 0 aliphatic carbocycles. The second-order valence-corrected chi connectivity index (χ2v) is 5.73. The van der Waals surface area contributed by atoms with Gasteiger partial charge in [0, 0.05) is 39.0 Å². The predicted molar refractivity (Wildman–Crippen MR) is 78.7 cm³/mol. The fourth-order valence-corrected chi connectivity index (χ4v) is 3.37. The highest BCUT2D eigenvalue weighted by Gasteiger charge is 2.22. The van der Waals surface area contributed by atoms with Crippen molar-refractivity contribution in [3.8, 4) is 0 Å². The number of methoxy groups -OCH3 is 1. The van der Waals surface area contributed by atoms with Gasteiger partial charge in [-0.25, -0.2) is 0 Å². The number of nitrogens with zero attached hydrogens (tertiary/aromatic N) is 1. The number of hydrogen-bond acceptors (Lipinski definition) is 3. The van der Waals surface area contributed by atoms with Gasteiger partial charge in [-0.3, -0.25) is 0 Å². The highest BCUT2D eigenvalue weighted by Crippen LogP contribution is 2.30. The van der Waals surface area contributed by atoms with E-state index in [1.165, 1.54) is 49.2 Å². The summed E-state index contributed by atoms with van der Waals surface area (Å²) in [7, 11) is 1.81. The van der Waals surface area contributed by atoms with Gasteiger partial charge in [0.05, 0.1) is 0 Å². The number of ether oxygens (including phenoxy) is 1. The third-order valence-corrected chi connectivity index (χ3v) is 4.48. The first-order valence-electron chi connectivity index (χ1n) is 7.44. The molecule has 0 bridgehead atoms. The van der Waals surface area contributed by atoms with E-state index in [1.54, 1.807) is 0 Å². The summed E-state index contributed by atoms with van der Waals surface area (Å²) in [6.07, 6.45) is 3.68. The molecule has 0 amide bonds. The summed E-state index contributed by atoms with van der Waals surface area (Å²) in [5, 5.41) is 3.50. The van der Waals surface area contributed by atoms with Crippen molar-refractivity contribution in [3.05, 3.63) is 29.3 Å². The molecule has 19 heavy (non-hydrogen) atoms. The van der Waals surface area contributed by atoms with Crippen LogP contribution in [0, 0.1) is 5.92 Å². The standard InChI is InChI=1S/C16H24N2O/c1-19-12-13-6-9-18(10-7-13)16-4-2-3-14-5-8-17-11-15(14)16/h2-4,13,17H,5-12H2,1H3. The molecule has 2 aliphatic heterocycles. The van der Waals surface area contributed by atoms with E-state index in [2.05, 4.69) is 28.4 Å². The summed E-state index contributed by atoms with van der Waals surface area (Å²) in [5.41, 5.74) is 4.52. The summed E-state index contributed by atoms with van der Waals surface area (Å²) < 4.78 is 5.28. The molecule has 0 spiro atoms. The lowest BCUT2D eigenvalue weighted by Gasteiger charge is -2.35. The first kappa shape index (κ1) is 12.9. The Labute approximate surface area is 115 Å². The molecule has 2 aliphatic rings. The van der Waals surface area contributed by atoms with E-state index in [9.17, 15) is 0 Å². The zero-order valence-corrected chi connectivity index (χ0v) is 11.8. The minimum absolute atomic E-state index is 0.749. The van der Waals surface area contributed by atoms with Crippen molar-refractivity contribution in [3.63, 3.8) is 0 Å². The van der Waals surface area contributed by atoms with Gasteiger partial charge in [-0.15, -0.1) is 0 Å². The van der Waals surface area contributed by atoms with Crippen molar-refractivity contribution in [2.45, 2.75) is 25.8 Å². The molecule has 3 heteroatoms. The van der Waals surface area contributed by atoms with E-state index < -0.39 is 0 Å². The van der Waals surface area contributed by atoms with Gasteiger partial charge in [0.1, 0.15) is 0 Å². The lowest BCUT2D eigenvalue weighted by Crippen LogP contribution is -2.36. The van der Waals surface area contributed by atoms with Crippen molar-refractivity contribution < 1.29 is 4.74 Å². The average molecular weight is 260 g/mol. The van der Waals surface area contributed by atoms with Crippen LogP contribution in [0.4, 0.5) is 5.69 Å². The van der Waals surface area contributed by atoms with Crippen LogP contribution in [0.2, 0.25) is 0 Å². The van der Waals surface area contributed by atoms with E-state index in [0.29, 0.717) is 0 Å². The van der Waals surface area contributed by atoms with Crippen LogP contribution < -0.4 is 10.2 Å².